The Morgan fingerprint density at radius 1 is 1.08 bits per heavy atom. The number of hydrogen-bond acceptors (Lipinski definition) is 7. The van der Waals surface area contributed by atoms with Gasteiger partial charge in [0.25, 0.3) is 5.56 Å². The molecule has 5 rings (SSSR count). The third kappa shape index (κ3) is 6.12. The molecule has 0 bridgehead atoms. The SMILES string of the molecule is CCc1ccc(S(=O)(=O)NC)s1.Cc1nc2cc(NC3CCC3)ccc2c(=O)n1-c1ccc(NC=O)cc1. The molecule has 0 atom stereocenters. The van der Waals surface area contributed by atoms with Gasteiger partial charge in [0, 0.05) is 22.3 Å². The standard InChI is InChI=1S/C20H20N4O2.C7H11NO2S2/c1-13-22-19-11-16(23-15-3-2-4-15)7-10-18(19)20(26)24(13)17-8-5-14(6-9-17)21-12-25;1-3-6-4-5-7(11-6)12(9,10)8-2/h5-12,15,23H,2-4H2,1H3,(H,21,25);4-5,8H,3H2,1-2H3. The highest BCUT2D eigenvalue weighted by molar-refractivity contribution is 7.91. The largest absolute Gasteiger partial charge is 0.382 e. The number of amides is 1. The van der Waals surface area contributed by atoms with Crippen LogP contribution in [-0.2, 0) is 21.2 Å². The number of aromatic nitrogens is 2. The summed E-state index contributed by atoms with van der Waals surface area (Å²) in [7, 11) is -1.80. The maximum Gasteiger partial charge on any atom is 0.265 e. The van der Waals surface area contributed by atoms with Crippen molar-refractivity contribution >= 4 is 50.0 Å². The summed E-state index contributed by atoms with van der Waals surface area (Å²) < 4.78 is 26.7. The lowest BCUT2D eigenvalue weighted by atomic mass is 9.93. The number of carbonyl (C=O) groups is 1. The molecule has 1 fully saturated rings. The van der Waals surface area contributed by atoms with Crippen LogP contribution in [0.25, 0.3) is 16.6 Å². The molecule has 2 aromatic carbocycles. The van der Waals surface area contributed by atoms with E-state index in [-0.39, 0.29) is 5.56 Å². The first-order valence-corrected chi connectivity index (χ1v) is 14.7. The summed E-state index contributed by atoms with van der Waals surface area (Å²) >= 11 is 1.31. The van der Waals surface area contributed by atoms with Crippen molar-refractivity contribution in [3.63, 3.8) is 0 Å². The summed E-state index contributed by atoms with van der Waals surface area (Å²) in [6.45, 7) is 3.83. The third-order valence-electron chi connectivity index (χ3n) is 6.38. The Morgan fingerprint density at radius 2 is 1.79 bits per heavy atom. The van der Waals surface area contributed by atoms with Crippen molar-refractivity contribution in [2.24, 2.45) is 0 Å². The van der Waals surface area contributed by atoms with Crippen LogP contribution in [0, 0.1) is 6.92 Å². The van der Waals surface area contributed by atoms with Gasteiger partial charge in [-0.15, -0.1) is 11.3 Å². The zero-order valence-electron chi connectivity index (χ0n) is 21.5. The quantitative estimate of drug-likeness (QED) is 0.277. The lowest BCUT2D eigenvalue weighted by Crippen LogP contribution is -2.27. The fourth-order valence-electron chi connectivity index (χ4n) is 4.05. The average Bonchev–Trinajstić information content (AvgIpc) is 3.38. The number of sulfonamides is 1. The van der Waals surface area contributed by atoms with Gasteiger partial charge in [0.1, 0.15) is 10.0 Å². The molecule has 0 unspecified atom stereocenters. The van der Waals surface area contributed by atoms with E-state index in [4.69, 9.17) is 0 Å². The molecule has 1 aliphatic carbocycles. The second-order valence-corrected chi connectivity index (χ2v) is 12.2. The third-order valence-corrected chi connectivity index (χ3v) is 9.52. The van der Waals surface area contributed by atoms with E-state index < -0.39 is 10.0 Å². The van der Waals surface area contributed by atoms with E-state index in [1.54, 1.807) is 34.9 Å². The Morgan fingerprint density at radius 3 is 2.37 bits per heavy atom. The van der Waals surface area contributed by atoms with Crippen molar-refractivity contribution in [2.45, 2.75) is 49.8 Å². The smallest absolute Gasteiger partial charge is 0.265 e. The summed E-state index contributed by atoms with van der Waals surface area (Å²) in [5, 5.41) is 6.66. The molecule has 2 aromatic heterocycles. The van der Waals surface area contributed by atoms with Crippen molar-refractivity contribution in [1.82, 2.24) is 14.3 Å². The van der Waals surface area contributed by atoms with Gasteiger partial charge in [0.2, 0.25) is 16.4 Å². The summed E-state index contributed by atoms with van der Waals surface area (Å²) in [4.78, 5) is 29.2. The highest BCUT2D eigenvalue weighted by atomic mass is 32.2. The molecular weight excluding hydrogens is 522 g/mol. The lowest BCUT2D eigenvalue weighted by Gasteiger charge is -2.27. The number of nitrogens with one attached hydrogen (secondary N) is 3. The van der Waals surface area contributed by atoms with E-state index >= 15 is 0 Å². The van der Waals surface area contributed by atoms with E-state index in [0.29, 0.717) is 39.1 Å². The number of rotatable bonds is 8. The number of benzene rings is 2. The zero-order valence-corrected chi connectivity index (χ0v) is 23.2. The molecule has 0 spiro atoms. The Labute approximate surface area is 226 Å². The molecular formula is C27H31N5O4S2. The number of anilines is 2. The maximum absolute atomic E-state index is 13.0. The number of hydrogen-bond donors (Lipinski definition) is 3. The maximum atomic E-state index is 13.0. The monoisotopic (exact) mass is 553 g/mol. The van der Waals surface area contributed by atoms with Crippen molar-refractivity contribution in [3.05, 3.63) is 75.7 Å². The fraction of sp³-hybridized carbons (Fsp3) is 0.296. The predicted molar refractivity (Wildman–Crippen MR) is 153 cm³/mol. The van der Waals surface area contributed by atoms with Crippen molar-refractivity contribution in [1.29, 1.82) is 0 Å². The van der Waals surface area contributed by atoms with Gasteiger partial charge in [-0.25, -0.2) is 18.1 Å². The highest BCUT2D eigenvalue weighted by Crippen LogP contribution is 2.25. The van der Waals surface area contributed by atoms with E-state index in [9.17, 15) is 18.0 Å². The van der Waals surface area contributed by atoms with Crippen molar-refractivity contribution < 1.29 is 13.2 Å². The molecule has 1 aliphatic rings. The van der Waals surface area contributed by atoms with Crippen LogP contribution in [-0.4, -0.2) is 37.5 Å². The van der Waals surface area contributed by atoms with Crippen LogP contribution in [0.1, 0.15) is 36.9 Å². The number of nitrogens with zero attached hydrogens (tertiary/aromatic N) is 2. The normalized spacial score (nSPS) is 13.3. The van der Waals surface area contributed by atoms with E-state index in [1.165, 1.54) is 37.6 Å². The van der Waals surface area contributed by atoms with Gasteiger partial charge in [0.05, 0.1) is 16.6 Å². The van der Waals surface area contributed by atoms with Crippen LogP contribution in [0.4, 0.5) is 11.4 Å². The first-order valence-electron chi connectivity index (χ1n) is 12.4. The van der Waals surface area contributed by atoms with Crippen molar-refractivity contribution in [3.8, 4) is 5.69 Å². The number of aryl methyl sites for hydroxylation is 2. The van der Waals surface area contributed by atoms with Crippen LogP contribution in [0.15, 0.2) is 63.6 Å². The Hall–Kier alpha value is -3.54. The Bertz CT molecular complexity index is 1590. The summed E-state index contributed by atoms with van der Waals surface area (Å²) in [5.41, 5.74) is 3.01. The van der Waals surface area contributed by atoms with Crippen LogP contribution in [0.3, 0.4) is 0 Å². The minimum Gasteiger partial charge on any atom is -0.382 e. The van der Waals surface area contributed by atoms with E-state index in [1.807, 2.05) is 38.1 Å². The number of carbonyl (C=O) groups excluding carboxylic acids is 1. The molecule has 2 heterocycles. The minimum atomic E-state index is -3.22. The average molecular weight is 554 g/mol. The lowest BCUT2D eigenvalue weighted by molar-refractivity contribution is -0.105. The molecule has 0 saturated heterocycles. The van der Waals surface area contributed by atoms with Gasteiger partial charge in [0.15, 0.2) is 0 Å². The Kier molecular flexibility index (Phi) is 8.60. The van der Waals surface area contributed by atoms with Gasteiger partial charge in [-0.2, -0.15) is 0 Å². The number of fused-ring (bicyclic) bond motifs is 1. The molecule has 1 amide bonds. The van der Waals surface area contributed by atoms with Crippen LogP contribution >= 0.6 is 11.3 Å². The molecule has 3 N–H and O–H groups in total. The fourth-order valence-corrected chi connectivity index (χ4v) is 6.18. The van der Waals surface area contributed by atoms with Crippen LogP contribution in [0.5, 0.6) is 0 Å². The van der Waals surface area contributed by atoms with Crippen molar-refractivity contribution in [2.75, 3.05) is 17.7 Å². The van der Waals surface area contributed by atoms with Gasteiger partial charge >= 0.3 is 0 Å². The van der Waals surface area contributed by atoms with Crippen LogP contribution in [0.2, 0.25) is 0 Å². The summed E-state index contributed by atoms with van der Waals surface area (Å²) in [6, 6.07) is 16.8. The molecule has 4 aromatic rings. The molecule has 38 heavy (non-hydrogen) atoms. The summed E-state index contributed by atoms with van der Waals surface area (Å²) in [5.74, 6) is 0.624. The molecule has 0 radical (unpaired) electrons. The van der Waals surface area contributed by atoms with E-state index in [2.05, 4.69) is 20.3 Å². The molecule has 1 saturated carbocycles. The zero-order chi connectivity index (χ0) is 27.3. The first kappa shape index (κ1) is 27.5. The molecule has 200 valence electrons. The van der Waals surface area contributed by atoms with Crippen LogP contribution < -0.4 is 20.9 Å². The molecule has 9 nitrogen and oxygen atoms in total. The van der Waals surface area contributed by atoms with Gasteiger partial charge in [-0.05, 0) is 94.3 Å². The summed E-state index contributed by atoms with van der Waals surface area (Å²) in [6.07, 6.45) is 5.17. The van der Waals surface area contributed by atoms with Gasteiger partial charge < -0.3 is 10.6 Å². The second-order valence-electron chi connectivity index (χ2n) is 8.89. The first-order chi connectivity index (χ1) is 18.2. The topological polar surface area (TPSA) is 122 Å². The van der Waals surface area contributed by atoms with E-state index in [0.717, 1.165) is 22.7 Å². The van der Waals surface area contributed by atoms with Gasteiger partial charge in [-0.3, -0.25) is 14.2 Å². The molecule has 11 heteroatoms. The predicted octanol–water partition coefficient (Wildman–Crippen LogP) is 4.45. The highest BCUT2D eigenvalue weighted by Gasteiger charge is 2.17. The van der Waals surface area contributed by atoms with Gasteiger partial charge in [-0.1, -0.05) is 6.92 Å². The minimum absolute atomic E-state index is 0.0983. The number of thiophene rings is 1. The second kappa shape index (κ2) is 11.9. The molecule has 0 aliphatic heterocycles. The Balaban J connectivity index is 0.000000236.